The van der Waals surface area contributed by atoms with Crippen molar-refractivity contribution in [2.24, 2.45) is 0 Å². The van der Waals surface area contributed by atoms with E-state index in [-0.39, 0.29) is 5.82 Å². The molecule has 20 heavy (non-hydrogen) atoms. The van der Waals surface area contributed by atoms with Crippen molar-refractivity contribution in [2.45, 2.75) is 13.0 Å². The van der Waals surface area contributed by atoms with Gasteiger partial charge < -0.3 is 9.84 Å². The molecular weight excluding hydrogens is 259 g/mol. The molecule has 0 spiro atoms. The highest BCUT2D eigenvalue weighted by molar-refractivity contribution is 5.20. The molecule has 1 N–H and O–H groups in total. The summed E-state index contributed by atoms with van der Waals surface area (Å²) in [7, 11) is 0. The summed E-state index contributed by atoms with van der Waals surface area (Å²) in [6.07, 6.45) is 0.359. The SMILES string of the molecule is Fc1ccccc1Cc1noc(CN2CCNCC2)n1. The van der Waals surface area contributed by atoms with Gasteiger partial charge in [-0.1, -0.05) is 23.4 Å². The van der Waals surface area contributed by atoms with Crippen LogP contribution in [-0.2, 0) is 13.0 Å². The van der Waals surface area contributed by atoms with E-state index in [1.54, 1.807) is 18.2 Å². The van der Waals surface area contributed by atoms with Gasteiger partial charge in [0.2, 0.25) is 5.89 Å². The van der Waals surface area contributed by atoms with Crippen LogP contribution < -0.4 is 5.32 Å². The molecular formula is C14H17FN4O. The Hall–Kier alpha value is -1.79. The number of piperazine rings is 1. The van der Waals surface area contributed by atoms with Gasteiger partial charge in [-0.25, -0.2) is 4.39 Å². The predicted octanol–water partition coefficient (Wildman–Crippen LogP) is 1.20. The molecule has 1 aromatic heterocycles. The van der Waals surface area contributed by atoms with E-state index >= 15 is 0 Å². The topological polar surface area (TPSA) is 54.2 Å². The lowest BCUT2D eigenvalue weighted by atomic mass is 10.1. The minimum Gasteiger partial charge on any atom is -0.338 e. The zero-order valence-corrected chi connectivity index (χ0v) is 11.2. The lowest BCUT2D eigenvalue weighted by Crippen LogP contribution is -2.42. The van der Waals surface area contributed by atoms with Crippen LogP contribution in [0.3, 0.4) is 0 Å². The summed E-state index contributed by atoms with van der Waals surface area (Å²) in [5, 5.41) is 7.22. The molecule has 0 atom stereocenters. The van der Waals surface area contributed by atoms with Crippen LogP contribution in [0.15, 0.2) is 28.8 Å². The van der Waals surface area contributed by atoms with Gasteiger partial charge in [0, 0.05) is 32.6 Å². The summed E-state index contributed by atoms with van der Waals surface area (Å²) >= 11 is 0. The Morgan fingerprint density at radius 3 is 2.85 bits per heavy atom. The summed E-state index contributed by atoms with van der Waals surface area (Å²) in [6, 6.07) is 6.66. The van der Waals surface area contributed by atoms with E-state index in [1.165, 1.54) is 6.07 Å². The zero-order valence-electron chi connectivity index (χ0n) is 11.2. The summed E-state index contributed by atoms with van der Waals surface area (Å²) in [5.74, 6) is 0.888. The maximum Gasteiger partial charge on any atom is 0.240 e. The van der Waals surface area contributed by atoms with Crippen molar-refractivity contribution in [2.75, 3.05) is 26.2 Å². The fourth-order valence-corrected chi connectivity index (χ4v) is 2.30. The molecule has 2 aromatic rings. The van der Waals surface area contributed by atoms with Gasteiger partial charge in [0.25, 0.3) is 0 Å². The molecule has 1 fully saturated rings. The minimum atomic E-state index is -0.235. The van der Waals surface area contributed by atoms with Crippen molar-refractivity contribution in [1.29, 1.82) is 0 Å². The lowest BCUT2D eigenvalue weighted by molar-refractivity contribution is 0.203. The second kappa shape index (κ2) is 6.11. The third-order valence-electron chi connectivity index (χ3n) is 3.39. The molecule has 106 valence electrons. The van der Waals surface area contributed by atoms with Crippen LogP contribution in [0.1, 0.15) is 17.3 Å². The third-order valence-corrected chi connectivity index (χ3v) is 3.39. The molecule has 0 amide bonds. The molecule has 1 saturated heterocycles. The number of hydrogen-bond donors (Lipinski definition) is 1. The monoisotopic (exact) mass is 276 g/mol. The first-order chi connectivity index (χ1) is 9.81. The Bertz CT molecular complexity index is 566. The van der Waals surface area contributed by atoms with Gasteiger partial charge in [-0.2, -0.15) is 4.98 Å². The molecule has 1 aliphatic rings. The van der Waals surface area contributed by atoms with Gasteiger partial charge in [-0.15, -0.1) is 0 Å². The van der Waals surface area contributed by atoms with Gasteiger partial charge in [0.1, 0.15) is 5.82 Å². The fraction of sp³-hybridized carbons (Fsp3) is 0.429. The van der Waals surface area contributed by atoms with E-state index in [1.807, 2.05) is 0 Å². The number of nitrogens with one attached hydrogen (secondary N) is 1. The molecule has 0 saturated carbocycles. The average molecular weight is 276 g/mol. The van der Waals surface area contributed by atoms with E-state index in [0.29, 0.717) is 30.2 Å². The molecule has 6 heteroatoms. The molecule has 5 nitrogen and oxygen atoms in total. The van der Waals surface area contributed by atoms with Crippen molar-refractivity contribution >= 4 is 0 Å². The Morgan fingerprint density at radius 2 is 2.05 bits per heavy atom. The first-order valence-corrected chi connectivity index (χ1v) is 6.79. The number of hydrogen-bond acceptors (Lipinski definition) is 5. The predicted molar refractivity (Wildman–Crippen MR) is 71.7 cm³/mol. The number of halogens is 1. The number of rotatable bonds is 4. The van der Waals surface area contributed by atoms with Crippen LogP contribution >= 0.6 is 0 Å². The smallest absolute Gasteiger partial charge is 0.240 e. The molecule has 0 bridgehead atoms. The largest absolute Gasteiger partial charge is 0.338 e. The van der Waals surface area contributed by atoms with Crippen LogP contribution in [0.25, 0.3) is 0 Å². The Kier molecular flexibility index (Phi) is 4.03. The molecule has 2 heterocycles. The number of nitrogens with zero attached hydrogens (tertiary/aromatic N) is 3. The quantitative estimate of drug-likeness (QED) is 0.909. The first kappa shape index (κ1) is 13.2. The summed E-state index contributed by atoms with van der Waals surface area (Å²) in [5.41, 5.74) is 0.585. The van der Waals surface area contributed by atoms with Crippen LogP contribution in [0.4, 0.5) is 4.39 Å². The maximum absolute atomic E-state index is 13.6. The molecule has 1 aliphatic heterocycles. The van der Waals surface area contributed by atoms with Crippen molar-refractivity contribution in [3.63, 3.8) is 0 Å². The van der Waals surface area contributed by atoms with Gasteiger partial charge in [-0.05, 0) is 11.6 Å². The van der Waals surface area contributed by atoms with E-state index in [9.17, 15) is 4.39 Å². The average Bonchev–Trinajstić information content (AvgIpc) is 2.90. The molecule has 0 aliphatic carbocycles. The molecule has 3 rings (SSSR count). The first-order valence-electron chi connectivity index (χ1n) is 6.79. The van der Waals surface area contributed by atoms with Crippen molar-refractivity contribution < 1.29 is 8.91 Å². The third kappa shape index (κ3) is 3.20. The summed E-state index contributed by atoms with van der Waals surface area (Å²) in [6.45, 7) is 4.58. The van der Waals surface area contributed by atoms with Crippen molar-refractivity contribution in [1.82, 2.24) is 20.4 Å². The second-order valence-corrected chi connectivity index (χ2v) is 4.90. The molecule has 0 radical (unpaired) electrons. The van der Waals surface area contributed by atoms with Gasteiger partial charge >= 0.3 is 0 Å². The highest BCUT2D eigenvalue weighted by atomic mass is 19.1. The highest BCUT2D eigenvalue weighted by Crippen LogP contribution is 2.12. The lowest BCUT2D eigenvalue weighted by Gasteiger charge is -2.25. The normalized spacial score (nSPS) is 16.4. The number of aromatic nitrogens is 2. The van der Waals surface area contributed by atoms with Crippen LogP contribution in [0.2, 0.25) is 0 Å². The van der Waals surface area contributed by atoms with E-state index < -0.39 is 0 Å². The van der Waals surface area contributed by atoms with Crippen molar-refractivity contribution in [3.05, 3.63) is 47.4 Å². The Labute approximate surface area is 116 Å². The highest BCUT2D eigenvalue weighted by Gasteiger charge is 2.15. The van der Waals surface area contributed by atoms with E-state index in [2.05, 4.69) is 20.4 Å². The summed E-state index contributed by atoms with van der Waals surface area (Å²) in [4.78, 5) is 6.60. The molecule has 0 unspecified atom stereocenters. The fourth-order valence-electron chi connectivity index (χ4n) is 2.30. The summed E-state index contributed by atoms with van der Waals surface area (Å²) < 4.78 is 18.8. The second-order valence-electron chi connectivity index (χ2n) is 4.90. The van der Waals surface area contributed by atoms with Gasteiger partial charge in [0.15, 0.2) is 5.82 Å². The van der Waals surface area contributed by atoms with Crippen LogP contribution in [0, 0.1) is 5.82 Å². The maximum atomic E-state index is 13.6. The Morgan fingerprint density at radius 1 is 1.25 bits per heavy atom. The number of benzene rings is 1. The Balaban J connectivity index is 1.63. The standard InChI is InChI=1S/C14H17FN4O/c15-12-4-2-1-3-11(12)9-13-17-14(20-18-13)10-19-7-5-16-6-8-19/h1-4,16H,5-10H2. The minimum absolute atomic E-state index is 0.235. The molecule has 1 aromatic carbocycles. The van der Waals surface area contributed by atoms with Crippen LogP contribution in [0.5, 0.6) is 0 Å². The zero-order chi connectivity index (χ0) is 13.8. The van der Waals surface area contributed by atoms with E-state index in [0.717, 1.165) is 26.2 Å². The van der Waals surface area contributed by atoms with Gasteiger partial charge in [-0.3, -0.25) is 4.90 Å². The van der Waals surface area contributed by atoms with Crippen molar-refractivity contribution in [3.8, 4) is 0 Å². The van der Waals surface area contributed by atoms with Crippen LogP contribution in [-0.4, -0.2) is 41.2 Å². The van der Waals surface area contributed by atoms with Gasteiger partial charge in [0.05, 0.1) is 6.54 Å². The van der Waals surface area contributed by atoms with E-state index in [4.69, 9.17) is 4.52 Å².